The first-order valence-electron chi connectivity index (χ1n) is 7.87. The van der Waals surface area contributed by atoms with Crippen LogP contribution in [0.4, 0.5) is 0 Å². The zero-order valence-electron chi connectivity index (χ0n) is 12.3. The molecule has 114 valence electrons. The Kier molecular flexibility index (Phi) is 4.99. The van der Waals surface area contributed by atoms with E-state index in [9.17, 15) is 0 Å². The van der Waals surface area contributed by atoms with Crippen LogP contribution in [0.1, 0.15) is 37.2 Å². The fourth-order valence-corrected chi connectivity index (χ4v) is 3.53. The maximum Gasteiger partial charge on any atom is 0.160 e. The smallest absolute Gasteiger partial charge is 0.160 e. The molecule has 1 aliphatic heterocycles. The Morgan fingerprint density at radius 2 is 1.62 bits per heavy atom. The van der Waals surface area contributed by atoms with E-state index in [1.54, 1.807) is 0 Å². The van der Waals surface area contributed by atoms with Gasteiger partial charge in [0.1, 0.15) is 0 Å². The van der Waals surface area contributed by atoms with Crippen molar-refractivity contribution in [1.82, 2.24) is 0 Å². The van der Waals surface area contributed by atoms with Crippen LogP contribution in [0.2, 0.25) is 5.02 Å². The summed E-state index contributed by atoms with van der Waals surface area (Å²) in [6, 6.07) is 8.31. The highest BCUT2D eigenvalue weighted by molar-refractivity contribution is 6.30. The van der Waals surface area contributed by atoms with Crippen molar-refractivity contribution in [3.8, 4) is 0 Å². The van der Waals surface area contributed by atoms with Gasteiger partial charge in [-0.2, -0.15) is 0 Å². The molecular formula is C18H23ClO2. The maximum absolute atomic E-state index is 5.96. The van der Waals surface area contributed by atoms with Gasteiger partial charge in [-0.3, -0.25) is 0 Å². The third-order valence-electron chi connectivity index (χ3n) is 4.78. The van der Waals surface area contributed by atoms with Crippen molar-refractivity contribution >= 4 is 11.6 Å². The lowest BCUT2D eigenvalue weighted by Gasteiger charge is -2.37. The minimum Gasteiger partial charge on any atom is -0.352 e. The summed E-state index contributed by atoms with van der Waals surface area (Å²) in [5.41, 5.74) is 1.41. The van der Waals surface area contributed by atoms with Gasteiger partial charge in [0, 0.05) is 16.9 Å². The molecule has 3 heteroatoms. The van der Waals surface area contributed by atoms with E-state index in [2.05, 4.69) is 18.7 Å². The van der Waals surface area contributed by atoms with Crippen molar-refractivity contribution in [3.63, 3.8) is 0 Å². The van der Waals surface area contributed by atoms with Crippen LogP contribution >= 0.6 is 11.6 Å². The lowest BCUT2D eigenvalue weighted by atomic mass is 9.78. The van der Waals surface area contributed by atoms with Crippen LogP contribution < -0.4 is 0 Å². The van der Waals surface area contributed by atoms with Gasteiger partial charge in [0.2, 0.25) is 0 Å². The van der Waals surface area contributed by atoms with E-state index in [4.69, 9.17) is 21.1 Å². The molecule has 3 rings (SSSR count). The summed E-state index contributed by atoms with van der Waals surface area (Å²) >= 11 is 5.96. The van der Waals surface area contributed by atoms with Gasteiger partial charge in [-0.1, -0.05) is 29.8 Å². The molecule has 1 saturated carbocycles. The molecule has 0 bridgehead atoms. The quantitative estimate of drug-likeness (QED) is 0.748. The number of hydrogen-bond acceptors (Lipinski definition) is 2. The number of halogens is 1. The second-order valence-corrected chi connectivity index (χ2v) is 6.63. The van der Waals surface area contributed by atoms with E-state index in [0.29, 0.717) is 17.8 Å². The second kappa shape index (κ2) is 6.95. The normalized spacial score (nSPS) is 33.6. The summed E-state index contributed by atoms with van der Waals surface area (Å²) in [6.07, 6.45) is 6.69. The summed E-state index contributed by atoms with van der Waals surface area (Å²) < 4.78 is 11.7. The second-order valence-electron chi connectivity index (χ2n) is 6.19. The first kappa shape index (κ1) is 15.1. The zero-order chi connectivity index (χ0) is 14.7. The molecule has 2 fully saturated rings. The van der Waals surface area contributed by atoms with Gasteiger partial charge in [0.05, 0.1) is 13.2 Å². The fourth-order valence-electron chi connectivity index (χ4n) is 3.40. The van der Waals surface area contributed by atoms with E-state index in [1.165, 1.54) is 31.2 Å². The summed E-state index contributed by atoms with van der Waals surface area (Å²) in [5.74, 6) is 1.55. The molecular weight excluding hydrogens is 284 g/mol. The van der Waals surface area contributed by atoms with Crippen molar-refractivity contribution in [1.29, 1.82) is 0 Å². The third kappa shape index (κ3) is 3.68. The minimum atomic E-state index is -0.00707. The molecule has 0 radical (unpaired) electrons. The lowest BCUT2D eigenvalue weighted by molar-refractivity contribution is -0.222. The Balaban J connectivity index is 1.51. The average Bonchev–Trinajstić information content (AvgIpc) is 2.56. The maximum atomic E-state index is 5.96. The van der Waals surface area contributed by atoms with E-state index < -0.39 is 0 Å². The highest BCUT2D eigenvalue weighted by Gasteiger charge is 2.32. The topological polar surface area (TPSA) is 18.5 Å². The molecule has 2 aliphatic rings. The van der Waals surface area contributed by atoms with E-state index in [1.807, 2.05) is 18.2 Å². The first-order valence-corrected chi connectivity index (χ1v) is 8.25. The molecule has 1 heterocycles. The van der Waals surface area contributed by atoms with Gasteiger partial charge in [0.15, 0.2) is 6.29 Å². The molecule has 1 saturated heterocycles. The van der Waals surface area contributed by atoms with Gasteiger partial charge >= 0.3 is 0 Å². The van der Waals surface area contributed by atoms with Crippen molar-refractivity contribution in [3.05, 3.63) is 47.5 Å². The summed E-state index contributed by atoms with van der Waals surface area (Å²) in [5, 5.41) is 0.813. The molecule has 0 unspecified atom stereocenters. The highest BCUT2D eigenvalue weighted by atomic mass is 35.5. The molecule has 1 aromatic carbocycles. The summed E-state index contributed by atoms with van der Waals surface area (Å²) in [4.78, 5) is 0. The van der Waals surface area contributed by atoms with Gasteiger partial charge in [0.25, 0.3) is 0 Å². The van der Waals surface area contributed by atoms with Crippen molar-refractivity contribution in [2.45, 2.75) is 37.9 Å². The van der Waals surface area contributed by atoms with Crippen molar-refractivity contribution in [2.24, 2.45) is 11.8 Å². The Labute approximate surface area is 132 Å². The van der Waals surface area contributed by atoms with E-state index in [-0.39, 0.29) is 6.29 Å². The van der Waals surface area contributed by atoms with Gasteiger partial charge in [-0.25, -0.2) is 0 Å². The van der Waals surface area contributed by atoms with Gasteiger partial charge < -0.3 is 9.47 Å². The van der Waals surface area contributed by atoms with Crippen LogP contribution in [-0.4, -0.2) is 19.5 Å². The zero-order valence-corrected chi connectivity index (χ0v) is 13.1. The van der Waals surface area contributed by atoms with Crippen molar-refractivity contribution < 1.29 is 9.47 Å². The molecule has 0 aromatic heterocycles. The minimum absolute atomic E-state index is 0.00707. The molecule has 0 spiro atoms. The van der Waals surface area contributed by atoms with Crippen LogP contribution in [0.3, 0.4) is 0 Å². The molecule has 2 nitrogen and oxygen atoms in total. The van der Waals surface area contributed by atoms with E-state index >= 15 is 0 Å². The number of hydrogen-bond donors (Lipinski definition) is 0. The van der Waals surface area contributed by atoms with Crippen LogP contribution in [0.25, 0.3) is 0 Å². The van der Waals surface area contributed by atoms with Gasteiger partial charge in [-0.05, 0) is 49.3 Å². The number of rotatable bonds is 3. The van der Waals surface area contributed by atoms with Crippen LogP contribution in [0.5, 0.6) is 0 Å². The highest BCUT2D eigenvalue weighted by Crippen LogP contribution is 2.39. The van der Waals surface area contributed by atoms with Crippen LogP contribution in [-0.2, 0) is 9.47 Å². The van der Waals surface area contributed by atoms with Crippen LogP contribution in [0, 0.1) is 11.8 Å². The van der Waals surface area contributed by atoms with E-state index in [0.717, 1.165) is 18.2 Å². The Hall–Kier alpha value is -0.830. The largest absolute Gasteiger partial charge is 0.352 e. The fraction of sp³-hybridized carbons (Fsp3) is 0.556. The summed E-state index contributed by atoms with van der Waals surface area (Å²) in [7, 11) is 0. The molecule has 0 amide bonds. The van der Waals surface area contributed by atoms with Crippen LogP contribution in [0.15, 0.2) is 36.9 Å². The monoisotopic (exact) mass is 306 g/mol. The molecule has 0 N–H and O–H groups in total. The molecule has 1 aliphatic carbocycles. The molecule has 21 heavy (non-hydrogen) atoms. The Bertz CT molecular complexity index is 455. The summed E-state index contributed by atoms with van der Waals surface area (Å²) in [6.45, 7) is 5.31. The Morgan fingerprint density at radius 3 is 2.19 bits per heavy atom. The molecule has 0 atom stereocenters. The Morgan fingerprint density at radius 1 is 1.00 bits per heavy atom. The molecule has 1 aromatic rings. The first-order chi connectivity index (χ1) is 10.3. The third-order valence-corrected chi connectivity index (χ3v) is 5.03. The average molecular weight is 307 g/mol. The SMILES string of the molecule is C=CC1COC(C2CCC(c3ccc(Cl)cc3)CC2)OC1. The lowest BCUT2D eigenvalue weighted by Crippen LogP contribution is -2.37. The number of benzene rings is 1. The van der Waals surface area contributed by atoms with Crippen molar-refractivity contribution in [2.75, 3.05) is 13.2 Å². The predicted octanol–water partition coefficient (Wildman–Crippen LogP) is 4.79. The number of ether oxygens (including phenoxy) is 2. The standard InChI is InChI=1S/C18H23ClO2/c1-2-13-11-20-18(21-12-13)16-5-3-14(4-6-16)15-7-9-17(19)10-8-15/h2,7-10,13-14,16,18H,1,3-6,11-12H2. The van der Waals surface area contributed by atoms with Gasteiger partial charge in [-0.15, -0.1) is 6.58 Å². The predicted molar refractivity (Wildman–Crippen MR) is 85.5 cm³/mol.